The molecule has 3 heteroatoms. The van der Waals surface area contributed by atoms with Gasteiger partial charge in [0.05, 0.1) is 11.7 Å². The second-order valence-electron chi connectivity index (χ2n) is 11.1. The minimum atomic E-state index is -0.509. The van der Waals surface area contributed by atoms with Gasteiger partial charge in [-0.15, -0.1) is 0 Å². The van der Waals surface area contributed by atoms with Crippen molar-refractivity contribution >= 4 is 5.78 Å². The van der Waals surface area contributed by atoms with Crippen LogP contribution in [0.25, 0.3) is 0 Å². The maximum atomic E-state index is 12.3. The Morgan fingerprint density at radius 3 is 2.44 bits per heavy atom. The Kier molecular flexibility index (Phi) is 4.83. The Morgan fingerprint density at radius 1 is 1.04 bits per heavy atom. The van der Waals surface area contributed by atoms with Gasteiger partial charge in [0.25, 0.3) is 0 Å². The van der Waals surface area contributed by atoms with E-state index in [0.29, 0.717) is 23.5 Å². The van der Waals surface area contributed by atoms with Crippen LogP contribution in [0.3, 0.4) is 0 Å². The van der Waals surface area contributed by atoms with Crippen molar-refractivity contribution in [3.8, 4) is 0 Å². The lowest BCUT2D eigenvalue weighted by atomic mass is 9.42. The second kappa shape index (κ2) is 6.55. The molecule has 27 heavy (non-hydrogen) atoms. The molecule has 0 radical (unpaired) electrons. The van der Waals surface area contributed by atoms with Gasteiger partial charge in [-0.1, -0.05) is 6.92 Å². The summed E-state index contributed by atoms with van der Waals surface area (Å²) in [6.45, 7) is 8.57. The van der Waals surface area contributed by atoms with Crippen LogP contribution in [0, 0.1) is 40.4 Å². The molecule has 3 nitrogen and oxygen atoms in total. The number of hydrogen-bond acceptors (Lipinski definition) is 3. The first-order chi connectivity index (χ1) is 12.7. The summed E-state index contributed by atoms with van der Waals surface area (Å²) in [7, 11) is 1.88. The second-order valence-corrected chi connectivity index (χ2v) is 11.1. The van der Waals surface area contributed by atoms with Gasteiger partial charge in [0.2, 0.25) is 0 Å². The molecule has 4 rings (SSSR count). The van der Waals surface area contributed by atoms with Gasteiger partial charge in [0.15, 0.2) is 0 Å². The zero-order valence-electron chi connectivity index (χ0n) is 18.1. The number of fused-ring (bicyclic) bond motifs is 5. The molecule has 0 amide bonds. The monoisotopic (exact) mass is 376 g/mol. The van der Waals surface area contributed by atoms with Crippen molar-refractivity contribution < 1.29 is 14.6 Å². The number of ketones is 1. The maximum absolute atomic E-state index is 12.3. The molecule has 1 unspecified atom stereocenters. The van der Waals surface area contributed by atoms with Crippen molar-refractivity contribution in [2.45, 2.75) is 97.2 Å². The van der Waals surface area contributed by atoms with Crippen LogP contribution in [0.15, 0.2) is 0 Å². The first-order valence-electron chi connectivity index (χ1n) is 11.4. The molecule has 4 fully saturated rings. The zero-order valence-corrected chi connectivity index (χ0v) is 18.1. The van der Waals surface area contributed by atoms with Crippen LogP contribution >= 0.6 is 0 Å². The molecule has 4 saturated carbocycles. The van der Waals surface area contributed by atoms with Gasteiger partial charge in [-0.3, -0.25) is 4.79 Å². The Balaban J connectivity index is 1.69. The van der Waals surface area contributed by atoms with E-state index in [0.717, 1.165) is 31.6 Å². The van der Waals surface area contributed by atoms with Gasteiger partial charge >= 0.3 is 0 Å². The molecule has 1 N–H and O–H groups in total. The fourth-order valence-electron chi connectivity index (χ4n) is 8.85. The van der Waals surface area contributed by atoms with Crippen LogP contribution in [0.4, 0.5) is 0 Å². The smallest absolute Gasteiger partial charge is 0.133 e. The Morgan fingerprint density at radius 2 is 1.78 bits per heavy atom. The molecule has 4 aliphatic carbocycles. The average molecular weight is 377 g/mol. The van der Waals surface area contributed by atoms with Crippen LogP contribution in [0.5, 0.6) is 0 Å². The van der Waals surface area contributed by atoms with E-state index in [9.17, 15) is 9.90 Å². The zero-order chi connectivity index (χ0) is 19.6. The lowest BCUT2D eigenvalue weighted by Crippen LogP contribution is -2.60. The van der Waals surface area contributed by atoms with E-state index in [2.05, 4.69) is 13.8 Å². The summed E-state index contributed by atoms with van der Waals surface area (Å²) in [5, 5.41) is 10.8. The fraction of sp³-hybridized carbons (Fsp3) is 0.958. The molecule has 0 heterocycles. The van der Waals surface area contributed by atoms with E-state index < -0.39 is 5.60 Å². The highest BCUT2D eigenvalue weighted by atomic mass is 16.5. The standard InChI is InChI=1S/C24H40O3/c1-15(25)19-8-9-20-18-7-6-17-14-22(3,26)12-13-24(17,16(2)27-5)21(18)10-11-23(19,20)4/h16-21,26H,6-14H2,1-5H3/t16?,17-,18+,19-,20+,21+,22-,23-,24-/m1/s1. The molecule has 4 aliphatic rings. The first kappa shape index (κ1) is 19.9. The quantitative estimate of drug-likeness (QED) is 0.754. The highest BCUT2D eigenvalue weighted by molar-refractivity contribution is 5.79. The van der Waals surface area contributed by atoms with Crippen molar-refractivity contribution in [3.05, 3.63) is 0 Å². The third kappa shape index (κ3) is 2.78. The van der Waals surface area contributed by atoms with E-state index in [1.54, 1.807) is 0 Å². The van der Waals surface area contributed by atoms with Gasteiger partial charge in [-0.2, -0.15) is 0 Å². The molecule has 0 bridgehead atoms. The molecular weight excluding hydrogens is 336 g/mol. The first-order valence-corrected chi connectivity index (χ1v) is 11.4. The van der Waals surface area contributed by atoms with E-state index >= 15 is 0 Å². The molecule has 9 atom stereocenters. The van der Waals surface area contributed by atoms with Crippen LogP contribution in [0.1, 0.15) is 85.5 Å². The number of Topliss-reactive ketones (excluding diaryl/α,β-unsaturated/α-hetero) is 1. The molecule has 0 aliphatic heterocycles. The van der Waals surface area contributed by atoms with Gasteiger partial charge in [0, 0.05) is 18.4 Å². The number of methoxy groups -OCH3 is 1. The lowest BCUT2D eigenvalue weighted by molar-refractivity contribution is -0.198. The Hall–Kier alpha value is -0.410. The molecular formula is C24H40O3. The summed E-state index contributed by atoms with van der Waals surface area (Å²) in [4.78, 5) is 12.3. The van der Waals surface area contributed by atoms with Gasteiger partial charge < -0.3 is 9.84 Å². The summed E-state index contributed by atoms with van der Waals surface area (Å²) in [5.74, 6) is 3.42. The number of carbonyl (C=O) groups is 1. The number of carbonyl (C=O) groups excluding carboxylic acids is 1. The average Bonchev–Trinajstić information content (AvgIpc) is 2.97. The summed E-state index contributed by atoms with van der Waals surface area (Å²) >= 11 is 0. The van der Waals surface area contributed by atoms with Gasteiger partial charge in [-0.05, 0) is 108 Å². The molecule has 0 aromatic heterocycles. The highest BCUT2D eigenvalue weighted by Crippen LogP contribution is 2.69. The fourth-order valence-corrected chi connectivity index (χ4v) is 8.85. The van der Waals surface area contributed by atoms with E-state index in [1.165, 1.54) is 32.1 Å². The minimum absolute atomic E-state index is 0.218. The van der Waals surface area contributed by atoms with E-state index in [-0.39, 0.29) is 22.9 Å². The molecule has 0 saturated heterocycles. The number of aliphatic hydroxyl groups is 1. The van der Waals surface area contributed by atoms with E-state index in [1.807, 2.05) is 21.0 Å². The number of rotatable bonds is 3. The van der Waals surface area contributed by atoms with Crippen LogP contribution in [-0.4, -0.2) is 29.7 Å². The predicted molar refractivity (Wildman–Crippen MR) is 107 cm³/mol. The van der Waals surface area contributed by atoms with Crippen LogP contribution in [0.2, 0.25) is 0 Å². The lowest BCUT2D eigenvalue weighted by Gasteiger charge is -2.64. The summed E-state index contributed by atoms with van der Waals surface area (Å²) in [5.41, 5.74) is -0.0717. The normalized spacial score (nSPS) is 53.2. The maximum Gasteiger partial charge on any atom is 0.133 e. The van der Waals surface area contributed by atoms with Gasteiger partial charge in [-0.25, -0.2) is 0 Å². The molecule has 0 aromatic rings. The Labute approximate surface area is 165 Å². The summed E-state index contributed by atoms with van der Waals surface area (Å²) in [6, 6.07) is 0. The number of hydrogen-bond donors (Lipinski definition) is 1. The minimum Gasteiger partial charge on any atom is -0.390 e. The van der Waals surface area contributed by atoms with Crippen molar-refractivity contribution in [2.75, 3.05) is 7.11 Å². The van der Waals surface area contributed by atoms with Crippen molar-refractivity contribution in [2.24, 2.45) is 40.4 Å². The number of ether oxygens (including phenoxy) is 1. The van der Waals surface area contributed by atoms with Crippen molar-refractivity contribution in [3.63, 3.8) is 0 Å². The topological polar surface area (TPSA) is 46.5 Å². The largest absolute Gasteiger partial charge is 0.390 e. The van der Waals surface area contributed by atoms with Gasteiger partial charge in [0.1, 0.15) is 5.78 Å². The third-order valence-electron chi connectivity index (χ3n) is 10.1. The third-order valence-corrected chi connectivity index (χ3v) is 10.1. The Bertz CT molecular complexity index is 598. The summed E-state index contributed by atoms with van der Waals surface area (Å²) < 4.78 is 6.03. The van der Waals surface area contributed by atoms with Crippen LogP contribution < -0.4 is 0 Å². The summed E-state index contributed by atoms with van der Waals surface area (Å²) in [6.07, 6.45) is 10.5. The van der Waals surface area contributed by atoms with Crippen molar-refractivity contribution in [1.82, 2.24) is 0 Å². The van der Waals surface area contributed by atoms with Crippen LogP contribution in [-0.2, 0) is 9.53 Å². The van der Waals surface area contributed by atoms with E-state index in [4.69, 9.17) is 4.74 Å². The molecule has 0 aromatic carbocycles. The molecule has 154 valence electrons. The molecule has 0 spiro atoms. The highest BCUT2D eigenvalue weighted by Gasteiger charge is 2.64. The van der Waals surface area contributed by atoms with Crippen molar-refractivity contribution in [1.29, 1.82) is 0 Å². The SMILES string of the molecule is COC(C)[C@]12CC[C@@](C)(O)C[C@H]1CC[C@H]1[C@@H]3CC[C@H](C(C)=O)[C@@]3(C)CC[C@@H]12. The predicted octanol–water partition coefficient (Wildman–Crippen LogP) is 5.00.